The number of alkyl halides is 2. The smallest absolute Gasteiger partial charge is 0.312 e. The predicted octanol–water partition coefficient (Wildman–Crippen LogP) is 5.31. The average Bonchev–Trinajstić information content (AvgIpc) is 3.46. The average molecular weight is 538 g/mol. The maximum Gasteiger partial charge on any atom is 0.312 e. The number of rotatable bonds is 8. The molecule has 1 fully saturated rings. The van der Waals surface area contributed by atoms with E-state index in [0.29, 0.717) is 40.6 Å². The molecule has 2 aliphatic heterocycles. The van der Waals surface area contributed by atoms with E-state index < -0.39 is 29.8 Å². The quantitative estimate of drug-likeness (QED) is 0.270. The highest BCUT2D eigenvalue weighted by atomic mass is 35.5. The van der Waals surface area contributed by atoms with Crippen LogP contribution in [0.15, 0.2) is 57.8 Å². The molecule has 0 amide bonds. The number of aromatic nitrogens is 1. The molecule has 0 saturated carbocycles. The van der Waals surface area contributed by atoms with Crippen LogP contribution < -0.4 is 5.32 Å². The van der Waals surface area contributed by atoms with Crippen LogP contribution in [0.3, 0.4) is 0 Å². The monoisotopic (exact) mass is 537 g/mol. The van der Waals surface area contributed by atoms with Gasteiger partial charge >= 0.3 is 12.5 Å². The number of thiazole rings is 1. The van der Waals surface area contributed by atoms with Crippen molar-refractivity contribution in [2.75, 3.05) is 13.2 Å². The van der Waals surface area contributed by atoms with Crippen LogP contribution in [0.1, 0.15) is 36.9 Å². The Kier molecular flexibility index (Phi) is 7.51. The summed E-state index contributed by atoms with van der Waals surface area (Å²) in [5.74, 6) is -0.412. The number of halogens is 4. The lowest BCUT2D eigenvalue weighted by molar-refractivity contribution is -0.143. The van der Waals surface area contributed by atoms with Gasteiger partial charge in [-0.3, -0.25) is 9.79 Å². The van der Waals surface area contributed by atoms with Crippen molar-refractivity contribution < 1.29 is 22.7 Å². The van der Waals surface area contributed by atoms with Crippen molar-refractivity contribution >= 4 is 41.0 Å². The molecule has 2 N–H and O–H groups in total. The third kappa shape index (κ3) is 5.31. The van der Waals surface area contributed by atoms with Crippen LogP contribution in [0.5, 0.6) is 0 Å². The van der Waals surface area contributed by atoms with E-state index in [2.05, 4.69) is 4.98 Å². The molecule has 0 spiro atoms. The largest absolute Gasteiger partial charge is 0.465 e. The van der Waals surface area contributed by atoms with E-state index in [4.69, 9.17) is 26.7 Å². The minimum Gasteiger partial charge on any atom is -0.465 e. The highest BCUT2D eigenvalue weighted by Gasteiger charge is 2.46. The van der Waals surface area contributed by atoms with Gasteiger partial charge in [-0.25, -0.2) is 9.37 Å². The molecule has 12 heteroatoms. The first-order chi connectivity index (χ1) is 17.1. The molecule has 0 aliphatic carbocycles. The number of ether oxygens (including phenoxy) is 1. The molecule has 1 aromatic heterocycles. The van der Waals surface area contributed by atoms with Crippen molar-refractivity contribution in [1.29, 1.82) is 5.41 Å². The maximum atomic E-state index is 13.9. The molecule has 0 unspecified atom stereocenters. The summed E-state index contributed by atoms with van der Waals surface area (Å²) in [5.41, 5.74) is 1.27. The molecule has 2 atom stereocenters. The van der Waals surface area contributed by atoms with Crippen LogP contribution >= 0.6 is 22.9 Å². The number of allylic oxidation sites excluding steroid dienone is 1. The Bertz CT molecular complexity index is 1260. The summed E-state index contributed by atoms with van der Waals surface area (Å²) in [4.78, 5) is 22.8. The first-order valence-electron chi connectivity index (χ1n) is 10.9. The molecule has 36 heavy (non-hydrogen) atoms. The van der Waals surface area contributed by atoms with Crippen molar-refractivity contribution in [1.82, 2.24) is 15.2 Å². The number of fused-ring (bicyclic) bond motifs is 1. The van der Waals surface area contributed by atoms with Gasteiger partial charge in [0.25, 0.3) is 0 Å². The second kappa shape index (κ2) is 10.4. The molecule has 0 radical (unpaired) electrons. The van der Waals surface area contributed by atoms with Gasteiger partial charge in [0.2, 0.25) is 0 Å². The van der Waals surface area contributed by atoms with Crippen LogP contribution in [0.4, 0.5) is 13.2 Å². The summed E-state index contributed by atoms with van der Waals surface area (Å²) < 4.78 is 45.3. The Hall–Kier alpha value is -3.18. The number of nitrogens with zero attached hydrogens (tertiary/aromatic N) is 3. The fourth-order valence-corrected chi connectivity index (χ4v) is 5.30. The Morgan fingerprint density at radius 2 is 2.25 bits per heavy atom. The molecule has 7 nitrogen and oxygen atoms in total. The molecule has 2 aromatic rings. The predicted molar refractivity (Wildman–Crippen MR) is 132 cm³/mol. The van der Waals surface area contributed by atoms with Crippen LogP contribution in [-0.2, 0) is 9.53 Å². The van der Waals surface area contributed by atoms with Crippen LogP contribution in [0.2, 0.25) is 5.02 Å². The highest BCUT2D eigenvalue weighted by molar-refractivity contribution is 7.11. The van der Waals surface area contributed by atoms with Gasteiger partial charge in [0, 0.05) is 64.7 Å². The van der Waals surface area contributed by atoms with Crippen molar-refractivity contribution in [2.24, 2.45) is 10.4 Å². The number of esters is 1. The zero-order chi connectivity index (χ0) is 26.0. The highest BCUT2D eigenvalue weighted by Crippen LogP contribution is 2.48. The fraction of sp³-hybridized carbons (Fsp3) is 0.333. The third-order valence-corrected chi connectivity index (χ3v) is 6.98. The minimum absolute atomic E-state index is 0.112. The second-order valence-electron chi connectivity index (χ2n) is 8.78. The molecular weight excluding hydrogens is 515 g/mol. The summed E-state index contributed by atoms with van der Waals surface area (Å²) in [6.45, 7) is 0.974. The number of amidine groups is 1. The van der Waals surface area contributed by atoms with Crippen molar-refractivity contribution in [3.63, 3.8) is 0 Å². The number of benzene rings is 1. The summed E-state index contributed by atoms with van der Waals surface area (Å²) in [6, 6.07) is 3.08. The van der Waals surface area contributed by atoms with E-state index in [1.165, 1.54) is 30.4 Å². The normalized spacial score (nSPS) is 22.0. The first kappa shape index (κ1) is 25.9. The lowest BCUT2D eigenvalue weighted by atomic mass is 9.85. The van der Waals surface area contributed by atoms with Gasteiger partial charge in [-0.15, -0.1) is 11.3 Å². The maximum absolute atomic E-state index is 13.9. The second-order valence-corrected chi connectivity index (χ2v) is 10.1. The molecular formula is C24H23ClF3N5O2S. The summed E-state index contributed by atoms with van der Waals surface area (Å²) in [7, 11) is 0. The molecule has 190 valence electrons. The standard InChI is InChI=1S/C24H23ClF3N5O2S/c1-13(34)35-12-24(2)8-18-19(14(9-29)10-31-23(27)28)20(16-4-3-15(26)7-17(16)25)32-21(33(18)11-24)22-30-5-6-36-22/h3-7,9-10,20,23,29,31H,8,11-12H2,1-2H3/b14-10+,29-9?/t20-,24+/m0/s1. The number of carbonyl (C=O) groups excluding carboxylic acids is 1. The lowest BCUT2D eigenvalue weighted by Crippen LogP contribution is -2.36. The minimum atomic E-state index is -2.84. The Labute approximate surface area is 214 Å². The van der Waals surface area contributed by atoms with E-state index in [-0.39, 0.29) is 17.2 Å². The summed E-state index contributed by atoms with van der Waals surface area (Å²) in [5, 5.41) is 12.5. The van der Waals surface area contributed by atoms with Crippen LogP contribution in [-0.4, -0.2) is 47.6 Å². The number of carbonyl (C=O) groups is 1. The van der Waals surface area contributed by atoms with E-state index in [0.717, 1.165) is 18.5 Å². The van der Waals surface area contributed by atoms with E-state index in [9.17, 15) is 18.0 Å². The van der Waals surface area contributed by atoms with Gasteiger partial charge in [0.15, 0.2) is 10.8 Å². The number of nitrogens with one attached hydrogen (secondary N) is 2. The van der Waals surface area contributed by atoms with Gasteiger partial charge in [0.1, 0.15) is 11.9 Å². The molecule has 1 saturated heterocycles. The Balaban J connectivity index is 1.94. The number of aliphatic imine (C=N–C) groups is 1. The molecule has 2 aliphatic rings. The Morgan fingerprint density at radius 3 is 2.86 bits per heavy atom. The van der Waals surface area contributed by atoms with Gasteiger partial charge in [-0.1, -0.05) is 24.6 Å². The fourth-order valence-electron chi connectivity index (χ4n) is 4.39. The topological polar surface area (TPSA) is 90.7 Å². The van der Waals surface area contributed by atoms with Gasteiger partial charge < -0.3 is 20.4 Å². The van der Waals surface area contributed by atoms with Gasteiger partial charge in [0.05, 0.1) is 6.61 Å². The van der Waals surface area contributed by atoms with Crippen LogP contribution in [0, 0.1) is 16.6 Å². The molecule has 0 bridgehead atoms. The number of hydrogen-bond donors (Lipinski definition) is 2. The SMILES string of the molecule is CC(=O)OC[C@]1(C)CC2=C(/C(C=N)=C/NC(F)F)[C@H](c3ccc(F)cc3Cl)N=C(c3nccs3)N2C1. The zero-order valence-electron chi connectivity index (χ0n) is 19.4. The molecule has 3 heterocycles. The van der Waals surface area contributed by atoms with Gasteiger partial charge in [-0.2, -0.15) is 8.78 Å². The van der Waals surface area contributed by atoms with E-state index >= 15 is 0 Å². The van der Waals surface area contributed by atoms with Gasteiger partial charge in [-0.05, 0) is 24.1 Å². The van der Waals surface area contributed by atoms with Crippen LogP contribution in [0.25, 0.3) is 0 Å². The zero-order valence-corrected chi connectivity index (χ0v) is 21.0. The Morgan fingerprint density at radius 1 is 1.47 bits per heavy atom. The summed E-state index contributed by atoms with van der Waals surface area (Å²) >= 11 is 7.81. The molecule has 4 rings (SSSR count). The lowest BCUT2D eigenvalue weighted by Gasteiger charge is -2.33. The third-order valence-electron chi connectivity index (χ3n) is 5.89. The molecule has 1 aromatic carbocycles. The van der Waals surface area contributed by atoms with Crippen molar-refractivity contribution in [2.45, 2.75) is 32.9 Å². The van der Waals surface area contributed by atoms with E-state index in [1.807, 2.05) is 17.1 Å². The number of hydrogen-bond acceptors (Lipinski definition) is 8. The van der Waals surface area contributed by atoms with E-state index in [1.54, 1.807) is 11.6 Å². The first-order valence-corrected chi connectivity index (χ1v) is 12.2. The summed E-state index contributed by atoms with van der Waals surface area (Å²) in [6.07, 6.45) is 4.07. The van der Waals surface area contributed by atoms with Crippen molar-refractivity contribution in [3.8, 4) is 0 Å². The van der Waals surface area contributed by atoms with Crippen molar-refractivity contribution in [3.05, 3.63) is 74.2 Å².